The van der Waals surface area contributed by atoms with E-state index in [1.807, 2.05) is 0 Å². The maximum absolute atomic E-state index is 10.9. The second kappa shape index (κ2) is 4.63. The quantitative estimate of drug-likeness (QED) is 0.734. The predicted molar refractivity (Wildman–Crippen MR) is 61.1 cm³/mol. The second-order valence-corrected chi connectivity index (χ2v) is 4.16. The highest BCUT2D eigenvalue weighted by atomic mass is 16.5. The van der Waals surface area contributed by atoms with Crippen molar-refractivity contribution in [3.8, 4) is 11.5 Å². The molecular formula is C12H15NO4. The summed E-state index contributed by atoms with van der Waals surface area (Å²) in [5.74, 6) is -0.428. The molecule has 5 nitrogen and oxygen atoms in total. The van der Waals surface area contributed by atoms with Crippen LogP contribution in [-0.4, -0.2) is 29.8 Å². The molecular weight excluding hydrogens is 222 g/mol. The number of methoxy groups -OCH3 is 1. The lowest BCUT2D eigenvalue weighted by atomic mass is 9.99. The monoisotopic (exact) mass is 237 g/mol. The minimum atomic E-state index is -0.780. The van der Waals surface area contributed by atoms with Crippen molar-refractivity contribution in [2.45, 2.75) is 12.5 Å². The number of aliphatic carboxylic acids is 1. The molecule has 0 bridgehead atoms. The summed E-state index contributed by atoms with van der Waals surface area (Å²) >= 11 is 0. The average molecular weight is 237 g/mol. The zero-order chi connectivity index (χ0) is 12.4. The fourth-order valence-electron chi connectivity index (χ4n) is 2.15. The molecule has 92 valence electrons. The van der Waals surface area contributed by atoms with Gasteiger partial charge in [0, 0.05) is 24.2 Å². The van der Waals surface area contributed by atoms with Crippen LogP contribution in [0.15, 0.2) is 18.2 Å². The van der Waals surface area contributed by atoms with E-state index in [0.717, 1.165) is 5.56 Å². The summed E-state index contributed by atoms with van der Waals surface area (Å²) in [6, 6.07) is 4.83. The first-order chi connectivity index (χ1) is 8.11. The van der Waals surface area contributed by atoms with E-state index >= 15 is 0 Å². The van der Waals surface area contributed by atoms with Crippen LogP contribution in [0.3, 0.4) is 0 Å². The van der Waals surface area contributed by atoms with Gasteiger partial charge in [-0.1, -0.05) is 6.07 Å². The molecule has 0 radical (unpaired) electrons. The summed E-state index contributed by atoms with van der Waals surface area (Å²) in [6.07, 6.45) is 0.538. The molecule has 1 aromatic carbocycles. The lowest BCUT2D eigenvalue weighted by Crippen LogP contribution is -2.17. The molecule has 0 amide bonds. The minimum absolute atomic E-state index is 0.0355. The first kappa shape index (κ1) is 11.7. The van der Waals surface area contributed by atoms with Gasteiger partial charge in [0.05, 0.1) is 13.0 Å². The van der Waals surface area contributed by atoms with E-state index in [4.69, 9.17) is 9.84 Å². The standard InChI is InChI=1S/C12H15NO4/c1-17-11-5-8(14)2-3-9(11)10-4-7(6-13-10)12(15)16/h2-3,5,7,10,13-14H,4,6H2,1H3,(H,15,16). The highest BCUT2D eigenvalue weighted by Crippen LogP contribution is 2.35. The van der Waals surface area contributed by atoms with Gasteiger partial charge < -0.3 is 20.3 Å². The second-order valence-electron chi connectivity index (χ2n) is 4.16. The van der Waals surface area contributed by atoms with E-state index in [0.29, 0.717) is 18.7 Å². The summed E-state index contributed by atoms with van der Waals surface area (Å²) in [6.45, 7) is 0.462. The number of phenolic OH excluding ortho intramolecular Hbond substituents is 1. The van der Waals surface area contributed by atoms with Crippen LogP contribution in [-0.2, 0) is 4.79 Å². The smallest absolute Gasteiger partial charge is 0.307 e. The number of rotatable bonds is 3. The van der Waals surface area contributed by atoms with Crippen molar-refractivity contribution in [1.29, 1.82) is 0 Å². The van der Waals surface area contributed by atoms with E-state index < -0.39 is 5.97 Å². The number of phenols is 1. The molecule has 1 aliphatic heterocycles. The first-order valence-electron chi connectivity index (χ1n) is 5.45. The molecule has 2 atom stereocenters. The molecule has 3 N–H and O–H groups in total. The Kier molecular flexibility index (Phi) is 3.19. The normalized spacial score (nSPS) is 23.6. The zero-order valence-electron chi connectivity index (χ0n) is 9.51. The first-order valence-corrected chi connectivity index (χ1v) is 5.45. The fraction of sp³-hybridized carbons (Fsp3) is 0.417. The number of hydrogen-bond donors (Lipinski definition) is 3. The van der Waals surface area contributed by atoms with E-state index in [1.54, 1.807) is 12.1 Å². The van der Waals surface area contributed by atoms with Crippen molar-refractivity contribution in [3.05, 3.63) is 23.8 Å². The van der Waals surface area contributed by atoms with Gasteiger partial charge in [-0.15, -0.1) is 0 Å². The third kappa shape index (κ3) is 2.34. The van der Waals surface area contributed by atoms with Crippen molar-refractivity contribution in [2.24, 2.45) is 5.92 Å². The molecule has 1 saturated heterocycles. The molecule has 2 unspecified atom stereocenters. The molecule has 5 heteroatoms. The highest BCUT2D eigenvalue weighted by Gasteiger charge is 2.31. The summed E-state index contributed by atoms with van der Waals surface area (Å²) in [5.41, 5.74) is 0.883. The number of hydrogen-bond acceptors (Lipinski definition) is 4. The number of carboxylic acid groups (broad SMARTS) is 1. The minimum Gasteiger partial charge on any atom is -0.508 e. The van der Waals surface area contributed by atoms with Gasteiger partial charge in [0.15, 0.2) is 0 Å². The molecule has 0 spiro atoms. The topological polar surface area (TPSA) is 78.8 Å². The van der Waals surface area contributed by atoms with Crippen LogP contribution in [0.2, 0.25) is 0 Å². The lowest BCUT2D eigenvalue weighted by molar-refractivity contribution is -0.141. The highest BCUT2D eigenvalue weighted by molar-refractivity contribution is 5.71. The van der Waals surface area contributed by atoms with Crippen LogP contribution in [0.25, 0.3) is 0 Å². The van der Waals surface area contributed by atoms with E-state index in [1.165, 1.54) is 13.2 Å². The van der Waals surface area contributed by atoms with Gasteiger partial charge in [-0.05, 0) is 12.5 Å². The summed E-state index contributed by atoms with van der Waals surface area (Å²) in [7, 11) is 1.53. The third-order valence-corrected chi connectivity index (χ3v) is 3.07. The Balaban J connectivity index is 2.21. The summed E-state index contributed by atoms with van der Waals surface area (Å²) < 4.78 is 5.19. The SMILES string of the molecule is COc1cc(O)ccc1C1CC(C(=O)O)CN1. The van der Waals surface area contributed by atoms with Gasteiger partial charge in [0.25, 0.3) is 0 Å². The molecule has 17 heavy (non-hydrogen) atoms. The van der Waals surface area contributed by atoms with Crippen molar-refractivity contribution in [2.75, 3.05) is 13.7 Å². The Bertz CT molecular complexity index is 433. The Labute approximate surface area is 99.0 Å². The molecule has 1 aliphatic rings. The predicted octanol–water partition coefficient (Wildman–Crippen LogP) is 1.14. The largest absolute Gasteiger partial charge is 0.508 e. The van der Waals surface area contributed by atoms with Crippen LogP contribution in [0.4, 0.5) is 0 Å². The van der Waals surface area contributed by atoms with E-state index in [9.17, 15) is 9.90 Å². The van der Waals surface area contributed by atoms with Gasteiger partial charge >= 0.3 is 5.97 Å². The van der Waals surface area contributed by atoms with Crippen molar-refractivity contribution in [3.63, 3.8) is 0 Å². The van der Waals surface area contributed by atoms with Crippen LogP contribution in [0.5, 0.6) is 11.5 Å². The van der Waals surface area contributed by atoms with E-state index in [2.05, 4.69) is 5.32 Å². The Morgan fingerprint density at radius 3 is 2.88 bits per heavy atom. The Morgan fingerprint density at radius 1 is 1.53 bits per heavy atom. The number of ether oxygens (including phenoxy) is 1. The maximum Gasteiger partial charge on any atom is 0.307 e. The van der Waals surface area contributed by atoms with E-state index in [-0.39, 0.29) is 17.7 Å². The van der Waals surface area contributed by atoms with Gasteiger partial charge in [-0.2, -0.15) is 0 Å². The zero-order valence-corrected chi connectivity index (χ0v) is 9.51. The van der Waals surface area contributed by atoms with Gasteiger partial charge in [-0.3, -0.25) is 4.79 Å². The maximum atomic E-state index is 10.9. The van der Waals surface area contributed by atoms with Crippen LogP contribution < -0.4 is 10.1 Å². The van der Waals surface area contributed by atoms with Crippen LogP contribution in [0.1, 0.15) is 18.0 Å². The van der Waals surface area contributed by atoms with Gasteiger partial charge in [0.1, 0.15) is 11.5 Å². The van der Waals surface area contributed by atoms with Crippen molar-refractivity contribution < 1.29 is 19.7 Å². The number of benzene rings is 1. The van der Waals surface area contributed by atoms with Gasteiger partial charge in [-0.25, -0.2) is 0 Å². The molecule has 2 rings (SSSR count). The molecule has 1 fully saturated rings. The number of nitrogens with one attached hydrogen (secondary N) is 1. The molecule has 1 aromatic rings. The summed E-state index contributed by atoms with van der Waals surface area (Å²) in [4.78, 5) is 10.9. The number of carbonyl (C=O) groups is 1. The van der Waals surface area contributed by atoms with Crippen molar-refractivity contribution >= 4 is 5.97 Å². The molecule has 0 aliphatic carbocycles. The van der Waals surface area contributed by atoms with Crippen molar-refractivity contribution in [1.82, 2.24) is 5.32 Å². The van der Waals surface area contributed by atoms with Crippen LogP contribution in [0, 0.1) is 5.92 Å². The third-order valence-electron chi connectivity index (χ3n) is 3.07. The Morgan fingerprint density at radius 2 is 2.29 bits per heavy atom. The van der Waals surface area contributed by atoms with Gasteiger partial charge in [0.2, 0.25) is 0 Å². The fourth-order valence-corrected chi connectivity index (χ4v) is 2.15. The number of carboxylic acids is 1. The number of aromatic hydroxyl groups is 1. The van der Waals surface area contributed by atoms with Crippen LogP contribution >= 0.6 is 0 Å². The summed E-state index contributed by atoms with van der Waals surface area (Å²) in [5, 5.41) is 21.5. The molecule has 0 saturated carbocycles. The Hall–Kier alpha value is -1.75. The molecule has 1 heterocycles. The molecule has 0 aromatic heterocycles. The average Bonchev–Trinajstić information content (AvgIpc) is 2.78. The lowest BCUT2D eigenvalue weighted by Gasteiger charge is -2.15.